The molecular weight excluding hydrogens is 302 g/mol. The highest BCUT2D eigenvalue weighted by molar-refractivity contribution is 5.39. The lowest BCUT2D eigenvalue weighted by Crippen LogP contribution is -2.44. The first-order valence-corrected chi connectivity index (χ1v) is 8.71. The molecule has 0 bridgehead atoms. The van der Waals surface area contributed by atoms with Gasteiger partial charge in [-0.15, -0.1) is 0 Å². The molecule has 2 aromatic heterocycles. The Labute approximate surface area is 142 Å². The fraction of sp³-hybridized carbons (Fsp3) is 0.556. The van der Waals surface area contributed by atoms with E-state index in [1.807, 2.05) is 36.5 Å². The topological polar surface area (TPSA) is 55.2 Å². The summed E-state index contributed by atoms with van der Waals surface area (Å²) >= 11 is 0. The number of rotatable bonds is 4. The number of aryl methyl sites for hydroxylation is 1. The first-order chi connectivity index (χ1) is 11.7. The molecule has 0 amide bonds. The molecule has 4 heterocycles. The summed E-state index contributed by atoms with van der Waals surface area (Å²) in [6, 6.07) is 4.59. The summed E-state index contributed by atoms with van der Waals surface area (Å²) in [7, 11) is 1.94. The van der Waals surface area contributed by atoms with E-state index in [-0.39, 0.29) is 5.60 Å². The van der Waals surface area contributed by atoms with Crippen molar-refractivity contribution in [1.82, 2.24) is 19.7 Å². The molecule has 2 aliphatic heterocycles. The van der Waals surface area contributed by atoms with Crippen molar-refractivity contribution in [2.45, 2.75) is 37.5 Å². The van der Waals surface area contributed by atoms with E-state index < -0.39 is 0 Å². The monoisotopic (exact) mass is 327 g/mol. The molecule has 1 atom stereocenters. The average molecular weight is 327 g/mol. The van der Waals surface area contributed by atoms with Gasteiger partial charge in [0.05, 0.1) is 30.1 Å². The minimum atomic E-state index is 0.0641. The number of nitrogens with one attached hydrogen (secondary N) is 1. The third kappa shape index (κ3) is 3.44. The summed E-state index contributed by atoms with van der Waals surface area (Å²) in [5, 5.41) is 7.77. The van der Waals surface area contributed by atoms with E-state index in [4.69, 9.17) is 4.74 Å². The molecule has 1 unspecified atom stereocenters. The highest BCUT2D eigenvalue weighted by Gasteiger charge is 2.42. The second-order valence-electron chi connectivity index (χ2n) is 7.07. The largest absolute Gasteiger partial charge is 0.377 e. The molecule has 24 heavy (non-hydrogen) atoms. The number of aromatic nitrogens is 3. The van der Waals surface area contributed by atoms with Gasteiger partial charge in [-0.2, -0.15) is 5.10 Å². The Morgan fingerprint density at radius 1 is 1.29 bits per heavy atom. The van der Waals surface area contributed by atoms with Gasteiger partial charge in [-0.3, -0.25) is 14.6 Å². The number of ether oxygens (including phenoxy) is 1. The standard InChI is InChI=1S/C18H25N5O/c1-22-13-17(11-20-22)21-16-10-18(24-14-16)4-8-23(9-5-18)12-15-2-6-19-7-3-15/h2-3,6-7,11,13,16,21H,4-5,8-10,12,14H2,1H3. The third-order valence-corrected chi connectivity index (χ3v) is 5.21. The Morgan fingerprint density at radius 3 is 2.79 bits per heavy atom. The number of pyridine rings is 1. The van der Waals surface area contributed by atoms with Crippen LogP contribution >= 0.6 is 0 Å². The zero-order valence-electron chi connectivity index (χ0n) is 14.2. The lowest BCUT2D eigenvalue weighted by Gasteiger charge is -2.38. The van der Waals surface area contributed by atoms with E-state index in [1.54, 1.807) is 0 Å². The van der Waals surface area contributed by atoms with E-state index in [0.29, 0.717) is 6.04 Å². The maximum absolute atomic E-state index is 6.25. The summed E-state index contributed by atoms with van der Waals surface area (Å²) in [5.41, 5.74) is 2.48. The van der Waals surface area contributed by atoms with E-state index in [0.717, 1.165) is 51.2 Å². The van der Waals surface area contributed by atoms with Gasteiger partial charge in [0, 0.05) is 45.3 Å². The number of piperidine rings is 1. The van der Waals surface area contributed by atoms with E-state index in [1.165, 1.54) is 5.56 Å². The zero-order valence-corrected chi connectivity index (χ0v) is 14.2. The van der Waals surface area contributed by atoms with Crippen LogP contribution < -0.4 is 5.32 Å². The maximum atomic E-state index is 6.25. The summed E-state index contributed by atoms with van der Waals surface area (Å²) < 4.78 is 8.07. The maximum Gasteiger partial charge on any atom is 0.0729 e. The predicted molar refractivity (Wildman–Crippen MR) is 92.7 cm³/mol. The molecule has 6 nitrogen and oxygen atoms in total. The SMILES string of the molecule is Cn1cc(NC2COC3(CCN(Cc4ccncc4)CC3)C2)cn1. The lowest BCUT2D eigenvalue weighted by atomic mass is 9.87. The van der Waals surface area contributed by atoms with Crippen LogP contribution in [0.15, 0.2) is 36.9 Å². The fourth-order valence-corrected chi connectivity index (χ4v) is 3.88. The summed E-state index contributed by atoms with van der Waals surface area (Å²) in [6.07, 6.45) is 11.0. The lowest BCUT2D eigenvalue weighted by molar-refractivity contribution is -0.0448. The molecule has 0 radical (unpaired) electrons. The smallest absolute Gasteiger partial charge is 0.0729 e. The Bertz CT molecular complexity index is 663. The molecule has 0 aliphatic carbocycles. The van der Waals surface area contributed by atoms with Crippen molar-refractivity contribution >= 4 is 5.69 Å². The Hall–Kier alpha value is -1.92. The van der Waals surface area contributed by atoms with Gasteiger partial charge in [0.1, 0.15) is 0 Å². The molecule has 2 saturated heterocycles. The molecule has 1 N–H and O–H groups in total. The van der Waals surface area contributed by atoms with E-state index in [2.05, 4.69) is 32.4 Å². The third-order valence-electron chi connectivity index (χ3n) is 5.21. The molecular formula is C18H25N5O. The molecule has 128 valence electrons. The number of anilines is 1. The van der Waals surface area contributed by atoms with Crippen LogP contribution in [0.25, 0.3) is 0 Å². The van der Waals surface area contributed by atoms with Crippen LogP contribution in [0, 0.1) is 0 Å². The van der Waals surface area contributed by atoms with Crippen molar-refractivity contribution < 1.29 is 4.74 Å². The normalized spacial score (nSPS) is 23.6. The Morgan fingerprint density at radius 2 is 2.08 bits per heavy atom. The van der Waals surface area contributed by atoms with E-state index in [9.17, 15) is 0 Å². The fourth-order valence-electron chi connectivity index (χ4n) is 3.88. The Kier molecular flexibility index (Phi) is 4.24. The van der Waals surface area contributed by atoms with Gasteiger partial charge >= 0.3 is 0 Å². The molecule has 4 rings (SSSR count). The molecule has 2 aromatic rings. The van der Waals surface area contributed by atoms with Crippen LogP contribution in [-0.2, 0) is 18.3 Å². The van der Waals surface area contributed by atoms with Crippen LogP contribution in [0.4, 0.5) is 5.69 Å². The van der Waals surface area contributed by atoms with Crippen LogP contribution in [0.1, 0.15) is 24.8 Å². The van der Waals surface area contributed by atoms with Crippen LogP contribution in [-0.4, -0.2) is 51.0 Å². The molecule has 0 aromatic carbocycles. The van der Waals surface area contributed by atoms with Gasteiger partial charge in [-0.1, -0.05) is 0 Å². The molecule has 2 fully saturated rings. The number of nitrogens with zero attached hydrogens (tertiary/aromatic N) is 4. The van der Waals surface area contributed by atoms with Gasteiger partial charge in [-0.25, -0.2) is 0 Å². The number of likely N-dealkylation sites (tertiary alicyclic amines) is 1. The first kappa shape index (κ1) is 15.6. The van der Waals surface area contributed by atoms with Crippen molar-refractivity contribution in [2.75, 3.05) is 25.0 Å². The van der Waals surface area contributed by atoms with Gasteiger partial charge in [0.25, 0.3) is 0 Å². The minimum Gasteiger partial charge on any atom is -0.377 e. The van der Waals surface area contributed by atoms with Crippen molar-refractivity contribution in [2.24, 2.45) is 7.05 Å². The molecule has 0 saturated carbocycles. The Balaban J connectivity index is 1.29. The highest BCUT2D eigenvalue weighted by atomic mass is 16.5. The molecule has 2 aliphatic rings. The van der Waals surface area contributed by atoms with Gasteiger partial charge in [0.2, 0.25) is 0 Å². The predicted octanol–water partition coefficient (Wildman–Crippen LogP) is 2.05. The van der Waals surface area contributed by atoms with Crippen LogP contribution in [0.3, 0.4) is 0 Å². The van der Waals surface area contributed by atoms with Crippen LogP contribution in [0.2, 0.25) is 0 Å². The van der Waals surface area contributed by atoms with Crippen molar-refractivity contribution in [3.8, 4) is 0 Å². The van der Waals surface area contributed by atoms with E-state index >= 15 is 0 Å². The van der Waals surface area contributed by atoms with Gasteiger partial charge in [0.15, 0.2) is 0 Å². The molecule has 1 spiro atoms. The van der Waals surface area contributed by atoms with Gasteiger partial charge in [-0.05, 0) is 37.0 Å². The first-order valence-electron chi connectivity index (χ1n) is 8.71. The minimum absolute atomic E-state index is 0.0641. The summed E-state index contributed by atoms with van der Waals surface area (Å²) in [4.78, 5) is 6.61. The van der Waals surface area contributed by atoms with Crippen molar-refractivity contribution in [1.29, 1.82) is 0 Å². The molecule has 6 heteroatoms. The van der Waals surface area contributed by atoms with Gasteiger partial charge < -0.3 is 10.1 Å². The average Bonchev–Trinajstić information content (AvgIpc) is 3.18. The highest BCUT2D eigenvalue weighted by Crippen LogP contribution is 2.37. The second kappa shape index (κ2) is 6.53. The van der Waals surface area contributed by atoms with Crippen molar-refractivity contribution in [3.05, 3.63) is 42.5 Å². The number of hydrogen-bond donors (Lipinski definition) is 1. The zero-order chi connectivity index (χ0) is 16.4. The van der Waals surface area contributed by atoms with Crippen LogP contribution in [0.5, 0.6) is 0 Å². The summed E-state index contributed by atoms with van der Waals surface area (Å²) in [6.45, 7) is 4.00. The summed E-state index contributed by atoms with van der Waals surface area (Å²) in [5.74, 6) is 0. The van der Waals surface area contributed by atoms with Crippen molar-refractivity contribution in [3.63, 3.8) is 0 Å². The quantitative estimate of drug-likeness (QED) is 0.931. The number of hydrogen-bond acceptors (Lipinski definition) is 5. The second-order valence-corrected chi connectivity index (χ2v) is 7.07.